The number of amides is 1. The van der Waals surface area contributed by atoms with Crippen molar-refractivity contribution in [2.45, 2.75) is 39.7 Å². The third-order valence-corrected chi connectivity index (χ3v) is 3.33. The van der Waals surface area contributed by atoms with Gasteiger partial charge in [-0.05, 0) is 25.3 Å². The maximum absolute atomic E-state index is 12.4. The van der Waals surface area contributed by atoms with E-state index >= 15 is 0 Å². The van der Waals surface area contributed by atoms with Gasteiger partial charge < -0.3 is 10.0 Å². The number of carboxylic acids is 1. The van der Waals surface area contributed by atoms with E-state index in [4.69, 9.17) is 5.11 Å². The third-order valence-electron chi connectivity index (χ3n) is 3.33. The van der Waals surface area contributed by atoms with Crippen LogP contribution in [0.5, 0.6) is 0 Å². The van der Waals surface area contributed by atoms with Crippen molar-refractivity contribution in [1.82, 2.24) is 15.1 Å². The summed E-state index contributed by atoms with van der Waals surface area (Å²) in [6.07, 6.45) is 1.06. The first kappa shape index (κ1) is 15.9. The number of likely N-dealkylation sites (N-methyl/N-ethyl adjacent to an activating group) is 1. The first-order valence-electron chi connectivity index (χ1n) is 6.45. The Morgan fingerprint density at radius 3 is 2.40 bits per heavy atom. The highest BCUT2D eigenvalue weighted by atomic mass is 16.4. The van der Waals surface area contributed by atoms with Crippen molar-refractivity contribution >= 4 is 11.9 Å². The molecule has 1 unspecified atom stereocenters. The first-order valence-corrected chi connectivity index (χ1v) is 6.45. The molecular weight excluding hydrogens is 262 g/mol. The molecule has 0 aliphatic heterocycles. The molecule has 0 aliphatic carbocycles. The number of aryl methyl sites for hydroxylation is 1. The molecular formula is C13H19N3O4. The molecule has 0 saturated heterocycles. The number of carbonyl (C=O) groups excluding carboxylic acids is 1. The molecule has 1 rings (SSSR count). The highest BCUT2D eigenvalue weighted by Crippen LogP contribution is 2.13. The Balaban J connectivity index is 3.35. The second-order valence-electron chi connectivity index (χ2n) is 4.49. The Bertz CT molecular complexity index is 579. The van der Waals surface area contributed by atoms with Gasteiger partial charge in [-0.15, -0.1) is 0 Å². The lowest BCUT2D eigenvalue weighted by Crippen LogP contribution is -2.43. The number of aliphatic carboxylic acids is 1. The highest BCUT2D eigenvalue weighted by Gasteiger charge is 2.27. The van der Waals surface area contributed by atoms with Gasteiger partial charge in [-0.25, -0.2) is 9.89 Å². The third kappa shape index (κ3) is 2.87. The van der Waals surface area contributed by atoms with Crippen molar-refractivity contribution < 1.29 is 14.7 Å². The molecule has 0 bridgehead atoms. The topological polar surface area (TPSA) is 103 Å². The van der Waals surface area contributed by atoms with Crippen LogP contribution in [0.3, 0.4) is 0 Å². The van der Waals surface area contributed by atoms with Gasteiger partial charge in [-0.2, -0.15) is 5.10 Å². The number of carbonyl (C=O) groups is 2. The molecule has 1 atom stereocenters. The van der Waals surface area contributed by atoms with Gasteiger partial charge >= 0.3 is 5.97 Å². The van der Waals surface area contributed by atoms with Crippen LogP contribution in [0, 0.1) is 0 Å². The summed E-state index contributed by atoms with van der Waals surface area (Å²) in [7, 11) is 1.37. The van der Waals surface area contributed by atoms with Crippen LogP contribution < -0.4 is 5.56 Å². The molecule has 110 valence electrons. The number of hydrogen-bond donors (Lipinski definition) is 2. The predicted molar refractivity (Wildman–Crippen MR) is 72.8 cm³/mol. The molecule has 0 aromatic carbocycles. The minimum atomic E-state index is -1.12. The lowest BCUT2D eigenvalue weighted by atomic mass is 10.0. The maximum atomic E-state index is 12.4. The molecule has 7 heteroatoms. The quantitative estimate of drug-likeness (QED) is 0.815. The van der Waals surface area contributed by atoms with Crippen molar-refractivity contribution in [2.24, 2.45) is 0 Å². The normalized spacial score (nSPS) is 12.0. The number of aromatic amines is 1. The SMILES string of the molecule is CCc1n[nH]c(=O)c(C(=O)N(C)C(C)C(=O)O)c1CC. The van der Waals surface area contributed by atoms with Crippen LogP contribution in [0.4, 0.5) is 0 Å². The van der Waals surface area contributed by atoms with Crippen molar-refractivity contribution in [2.75, 3.05) is 7.05 Å². The summed E-state index contributed by atoms with van der Waals surface area (Å²) in [5, 5.41) is 15.2. The van der Waals surface area contributed by atoms with Crippen molar-refractivity contribution in [3.05, 3.63) is 27.2 Å². The van der Waals surface area contributed by atoms with Crippen molar-refractivity contribution in [1.29, 1.82) is 0 Å². The Morgan fingerprint density at radius 2 is 1.95 bits per heavy atom. The number of rotatable bonds is 5. The van der Waals surface area contributed by atoms with E-state index in [2.05, 4.69) is 10.2 Å². The number of nitrogens with one attached hydrogen (secondary N) is 1. The summed E-state index contributed by atoms with van der Waals surface area (Å²) in [5.41, 5.74) is 0.612. The van der Waals surface area contributed by atoms with Gasteiger partial charge in [0, 0.05) is 7.05 Å². The lowest BCUT2D eigenvalue weighted by Gasteiger charge is -2.22. The van der Waals surface area contributed by atoms with E-state index in [-0.39, 0.29) is 5.56 Å². The van der Waals surface area contributed by atoms with Crippen LogP contribution in [-0.2, 0) is 17.6 Å². The Kier molecular flexibility index (Phi) is 5.01. The summed E-state index contributed by atoms with van der Waals surface area (Å²) in [6.45, 7) is 5.09. The molecule has 1 amide bonds. The molecule has 0 saturated carbocycles. The molecule has 1 heterocycles. The van der Waals surface area contributed by atoms with Crippen LogP contribution in [0.25, 0.3) is 0 Å². The van der Waals surface area contributed by atoms with Gasteiger partial charge in [-0.3, -0.25) is 9.59 Å². The van der Waals surface area contributed by atoms with E-state index in [0.717, 1.165) is 4.90 Å². The largest absolute Gasteiger partial charge is 0.480 e. The standard InChI is InChI=1S/C13H19N3O4/c1-5-8-9(6-2)14-15-11(17)10(8)12(18)16(4)7(3)13(19)20/h7H,5-6H2,1-4H3,(H,15,17)(H,19,20). The van der Waals surface area contributed by atoms with Gasteiger partial charge in [0.2, 0.25) is 0 Å². The summed E-state index contributed by atoms with van der Waals surface area (Å²) < 4.78 is 0. The average Bonchev–Trinajstić information content (AvgIpc) is 2.44. The van der Waals surface area contributed by atoms with Crippen LogP contribution >= 0.6 is 0 Å². The van der Waals surface area contributed by atoms with E-state index < -0.39 is 23.5 Å². The fraction of sp³-hybridized carbons (Fsp3) is 0.538. The Morgan fingerprint density at radius 1 is 1.35 bits per heavy atom. The molecule has 7 nitrogen and oxygen atoms in total. The minimum absolute atomic E-state index is 0.0186. The fourth-order valence-corrected chi connectivity index (χ4v) is 1.94. The summed E-state index contributed by atoms with van der Waals surface area (Å²) in [5.74, 6) is -1.73. The van der Waals surface area contributed by atoms with E-state index in [0.29, 0.717) is 24.1 Å². The zero-order valence-electron chi connectivity index (χ0n) is 12.1. The summed E-state index contributed by atoms with van der Waals surface area (Å²) >= 11 is 0. The summed E-state index contributed by atoms with van der Waals surface area (Å²) in [6, 6.07) is -1.01. The van der Waals surface area contributed by atoms with Gasteiger partial charge in [0.25, 0.3) is 11.5 Å². The number of carboxylic acid groups (broad SMARTS) is 1. The van der Waals surface area contributed by atoms with E-state index in [1.165, 1.54) is 14.0 Å². The van der Waals surface area contributed by atoms with E-state index in [1.807, 2.05) is 13.8 Å². The number of nitrogens with zero attached hydrogens (tertiary/aromatic N) is 2. The monoisotopic (exact) mass is 281 g/mol. The average molecular weight is 281 g/mol. The first-order chi connectivity index (χ1) is 9.34. The van der Waals surface area contributed by atoms with E-state index in [1.54, 1.807) is 0 Å². The van der Waals surface area contributed by atoms with Crippen LogP contribution in [0.2, 0.25) is 0 Å². The Labute approximate surface area is 116 Å². The lowest BCUT2D eigenvalue weighted by molar-refractivity contribution is -0.141. The second-order valence-corrected chi connectivity index (χ2v) is 4.49. The maximum Gasteiger partial charge on any atom is 0.326 e. The molecule has 0 fully saturated rings. The molecule has 0 aliphatic rings. The summed E-state index contributed by atoms with van der Waals surface area (Å²) in [4.78, 5) is 36.3. The van der Waals surface area contributed by atoms with Crippen molar-refractivity contribution in [3.63, 3.8) is 0 Å². The van der Waals surface area contributed by atoms with Crippen LogP contribution in [0.1, 0.15) is 42.4 Å². The number of hydrogen-bond acceptors (Lipinski definition) is 4. The zero-order chi connectivity index (χ0) is 15.4. The molecule has 20 heavy (non-hydrogen) atoms. The minimum Gasteiger partial charge on any atom is -0.480 e. The molecule has 2 N–H and O–H groups in total. The molecule has 1 aromatic heterocycles. The van der Waals surface area contributed by atoms with Gasteiger partial charge in [0.05, 0.1) is 5.69 Å². The van der Waals surface area contributed by atoms with Crippen LogP contribution in [-0.4, -0.2) is 45.2 Å². The molecule has 0 spiro atoms. The van der Waals surface area contributed by atoms with Gasteiger partial charge in [0.1, 0.15) is 11.6 Å². The van der Waals surface area contributed by atoms with Crippen LogP contribution in [0.15, 0.2) is 4.79 Å². The Hall–Kier alpha value is -2.18. The number of H-pyrrole nitrogens is 1. The van der Waals surface area contributed by atoms with Gasteiger partial charge in [0.15, 0.2) is 0 Å². The van der Waals surface area contributed by atoms with Gasteiger partial charge in [-0.1, -0.05) is 13.8 Å². The van der Waals surface area contributed by atoms with Crippen molar-refractivity contribution in [3.8, 4) is 0 Å². The van der Waals surface area contributed by atoms with E-state index in [9.17, 15) is 14.4 Å². The number of aromatic nitrogens is 2. The molecule has 0 radical (unpaired) electrons. The predicted octanol–water partition coefficient (Wildman–Crippen LogP) is 0.440. The second kappa shape index (κ2) is 6.31. The fourth-order valence-electron chi connectivity index (χ4n) is 1.94. The molecule has 1 aromatic rings. The zero-order valence-corrected chi connectivity index (χ0v) is 12.1. The smallest absolute Gasteiger partial charge is 0.326 e. The highest BCUT2D eigenvalue weighted by molar-refractivity contribution is 5.97.